The summed E-state index contributed by atoms with van der Waals surface area (Å²) in [5, 5.41) is 19.2. The summed E-state index contributed by atoms with van der Waals surface area (Å²) in [4.78, 5) is 15.4. The molecule has 2 N–H and O–H groups in total. The number of ether oxygens (including phenoxy) is 1. The fourth-order valence-electron chi connectivity index (χ4n) is 2.42. The lowest BCUT2D eigenvalue weighted by Gasteiger charge is -2.11. The third-order valence-electron chi connectivity index (χ3n) is 3.64. The number of nitrogens with zero attached hydrogens (tertiary/aromatic N) is 1. The summed E-state index contributed by atoms with van der Waals surface area (Å²) in [7, 11) is 0. The van der Waals surface area contributed by atoms with Crippen LogP contribution in [-0.2, 0) is 6.42 Å². The Morgan fingerprint density at radius 3 is 2.68 bits per heavy atom. The van der Waals surface area contributed by atoms with Crippen LogP contribution in [0, 0.1) is 6.92 Å². The molecule has 0 radical (unpaired) electrons. The molecule has 5 nitrogen and oxygen atoms in total. The van der Waals surface area contributed by atoms with Gasteiger partial charge in [0.1, 0.15) is 0 Å². The van der Waals surface area contributed by atoms with Crippen LogP contribution in [0.3, 0.4) is 0 Å². The number of hydrogen-bond donors (Lipinski definition) is 2. The molecule has 130 valence electrons. The number of carboxylic acid groups (broad SMARTS) is 1. The van der Waals surface area contributed by atoms with E-state index in [0.29, 0.717) is 30.0 Å². The van der Waals surface area contributed by atoms with Gasteiger partial charge in [0, 0.05) is 11.8 Å². The first-order valence-electron chi connectivity index (χ1n) is 7.93. The van der Waals surface area contributed by atoms with E-state index >= 15 is 0 Å². The average molecular weight is 339 g/mol. The van der Waals surface area contributed by atoms with Gasteiger partial charge in [-0.2, -0.15) is 0 Å². The highest BCUT2D eigenvalue weighted by Crippen LogP contribution is 2.32. The van der Waals surface area contributed by atoms with Crippen molar-refractivity contribution in [3.8, 4) is 11.5 Å². The molecule has 5 heteroatoms. The van der Waals surface area contributed by atoms with Gasteiger partial charge in [-0.25, -0.2) is 4.79 Å². The molecule has 0 saturated heterocycles. The van der Waals surface area contributed by atoms with Crippen molar-refractivity contribution in [3.63, 3.8) is 0 Å². The molecule has 0 amide bonds. The van der Waals surface area contributed by atoms with Crippen molar-refractivity contribution >= 4 is 17.9 Å². The maximum atomic E-state index is 11.0. The molecule has 0 aliphatic carbocycles. The van der Waals surface area contributed by atoms with Gasteiger partial charge in [-0.05, 0) is 61.7 Å². The van der Waals surface area contributed by atoms with Crippen LogP contribution < -0.4 is 4.74 Å². The van der Waals surface area contributed by atoms with Gasteiger partial charge in [0.2, 0.25) is 0 Å². The second-order valence-corrected chi connectivity index (χ2v) is 5.52. The van der Waals surface area contributed by atoms with Crippen LogP contribution in [0.4, 0.5) is 5.69 Å². The molecule has 25 heavy (non-hydrogen) atoms. The zero-order valence-corrected chi connectivity index (χ0v) is 14.3. The second-order valence-electron chi connectivity index (χ2n) is 5.52. The van der Waals surface area contributed by atoms with Crippen LogP contribution in [0.5, 0.6) is 11.5 Å². The lowest BCUT2D eigenvalue weighted by atomic mass is 10.1. The highest BCUT2D eigenvalue weighted by atomic mass is 16.5. The Bertz CT molecular complexity index is 825. The minimum atomic E-state index is -0.965. The fraction of sp³-hybridized carbons (Fsp3) is 0.200. The summed E-state index contributed by atoms with van der Waals surface area (Å²) >= 11 is 0. The number of phenolic OH excluding ortho intramolecular Hbond substituents is 1. The quantitative estimate of drug-likeness (QED) is 0.583. The van der Waals surface area contributed by atoms with E-state index in [2.05, 4.69) is 11.6 Å². The van der Waals surface area contributed by atoms with Crippen molar-refractivity contribution in [2.75, 3.05) is 6.61 Å². The van der Waals surface area contributed by atoms with Crippen molar-refractivity contribution in [2.45, 2.75) is 20.3 Å². The molecule has 0 aromatic heterocycles. The van der Waals surface area contributed by atoms with E-state index < -0.39 is 5.97 Å². The van der Waals surface area contributed by atoms with E-state index in [0.717, 1.165) is 11.1 Å². The molecule has 0 bridgehead atoms. The lowest BCUT2D eigenvalue weighted by Crippen LogP contribution is -1.97. The van der Waals surface area contributed by atoms with Gasteiger partial charge in [0.25, 0.3) is 0 Å². The van der Waals surface area contributed by atoms with E-state index in [1.165, 1.54) is 6.07 Å². The Kier molecular flexibility index (Phi) is 5.95. The third kappa shape index (κ3) is 4.47. The third-order valence-corrected chi connectivity index (χ3v) is 3.64. The van der Waals surface area contributed by atoms with Gasteiger partial charge in [0.05, 0.1) is 17.9 Å². The molecule has 0 aliphatic heterocycles. The standard InChI is InChI=1S/C20H21NO4/c1-4-6-15-10-14(11-18(19(15)22)25-5-2)12-21-17-8-7-16(20(23)24)9-13(17)3/h4,7-12,22H,1,5-6H2,2-3H3,(H,23,24). The van der Waals surface area contributed by atoms with E-state index in [1.54, 1.807) is 30.5 Å². The number of carboxylic acids is 1. The minimum absolute atomic E-state index is 0.112. The fourth-order valence-corrected chi connectivity index (χ4v) is 2.42. The molecule has 0 unspecified atom stereocenters. The first-order chi connectivity index (χ1) is 12.0. The Hall–Kier alpha value is -3.08. The van der Waals surface area contributed by atoms with Gasteiger partial charge in [-0.15, -0.1) is 6.58 Å². The maximum Gasteiger partial charge on any atom is 0.335 e. The zero-order chi connectivity index (χ0) is 18.4. The molecule has 0 aliphatic rings. The molecule has 2 aromatic rings. The van der Waals surface area contributed by atoms with Crippen LogP contribution in [0.2, 0.25) is 0 Å². The molecular weight excluding hydrogens is 318 g/mol. The smallest absolute Gasteiger partial charge is 0.335 e. The number of benzene rings is 2. The number of aliphatic imine (C=N–C) groups is 1. The Balaban J connectivity index is 2.37. The summed E-state index contributed by atoms with van der Waals surface area (Å²) < 4.78 is 5.47. The van der Waals surface area contributed by atoms with Crippen molar-refractivity contribution in [3.05, 3.63) is 65.2 Å². The molecule has 0 saturated carbocycles. The van der Waals surface area contributed by atoms with Crippen molar-refractivity contribution in [2.24, 2.45) is 4.99 Å². The number of phenols is 1. The summed E-state index contributed by atoms with van der Waals surface area (Å²) in [5.41, 5.74) is 3.17. The Morgan fingerprint density at radius 1 is 1.32 bits per heavy atom. The van der Waals surface area contributed by atoms with Crippen molar-refractivity contribution < 1.29 is 19.7 Å². The first-order valence-corrected chi connectivity index (χ1v) is 7.93. The van der Waals surface area contributed by atoms with Crippen LogP contribution in [0.25, 0.3) is 0 Å². The monoisotopic (exact) mass is 339 g/mol. The summed E-state index contributed by atoms with van der Waals surface area (Å²) in [6, 6.07) is 8.32. The minimum Gasteiger partial charge on any atom is -0.504 e. The van der Waals surface area contributed by atoms with E-state index in [9.17, 15) is 9.90 Å². The van der Waals surface area contributed by atoms with Crippen LogP contribution >= 0.6 is 0 Å². The Labute approximate surface area is 146 Å². The lowest BCUT2D eigenvalue weighted by molar-refractivity contribution is 0.0697. The summed E-state index contributed by atoms with van der Waals surface area (Å²) in [6.45, 7) is 7.80. The number of aryl methyl sites for hydroxylation is 1. The van der Waals surface area contributed by atoms with Gasteiger partial charge < -0.3 is 14.9 Å². The van der Waals surface area contributed by atoms with Gasteiger partial charge in [-0.3, -0.25) is 4.99 Å². The first kappa shape index (κ1) is 18.3. The predicted molar refractivity (Wildman–Crippen MR) is 98.6 cm³/mol. The number of rotatable bonds is 7. The molecule has 0 atom stereocenters. The van der Waals surface area contributed by atoms with Gasteiger partial charge in [0.15, 0.2) is 11.5 Å². The van der Waals surface area contributed by atoms with Crippen LogP contribution in [-0.4, -0.2) is 29.0 Å². The highest BCUT2D eigenvalue weighted by molar-refractivity contribution is 5.89. The molecular formula is C20H21NO4. The zero-order valence-electron chi connectivity index (χ0n) is 14.3. The average Bonchev–Trinajstić information content (AvgIpc) is 2.57. The predicted octanol–water partition coefficient (Wildman–Crippen LogP) is 4.28. The van der Waals surface area contributed by atoms with Crippen molar-refractivity contribution in [1.29, 1.82) is 0 Å². The highest BCUT2D eigenvalue weighted by Gasteiger charge is 2.10. The molecule has 0 spiro atoms. The van der Waals surface area contributed by atoms with Crippen LogP contribution in [0.1, 0.15) is 34.0 Å². The molecule has 2 aromatic carbocycles. The van der Waals surface area contributed by atoms with Crippen molar-refractivity contribution in [1.82, 2.24) is 0 Å². The van der Waals surface area contributed by atoms with E-state index in [-0.39, 0.29) is 11.3 Å². The van der Waals surface area contributed by atoms with Gasteiger partial charge in [-0.1, -0.05) is 6.08 Å². The number of aromatic carboxylic acids is 1. The van der Waals surface area contributed by atoms with E-state index in [1.807, 2.05) is 19.9 Å². The number of aromatic hydroxyl groups is 1. The number of allylic oxidation sites excluding steroid dienone is 1. The molecule has 0 heterocycles. The number of carbonyl (C=O) groups is 1. The van der Waals surface area contributed by atoms with Crippen LogP contribution in [0.15, 0.2) is 48.0 Å². The summed E-state index contributed by atoms with van der Waals surface area (Å²) in [6.07, 6.45) is 3.89. The largest absolute Gasteiger partial charge is 0.504 e. The Morgan fingerprint density at radius 2 is 2.08 bits per heavy atom. The topological polar surface area (TPSA) is 79.1 Å². The van der Waals surface area contributed by atoms with Gasteiger partial charge >= 0.3 is 5.97 Å². The maximum absolute atomic E-state index is 11.0. The summed E-state index contributed by atoms with van der Waals surface area (Å²) in [5.74, 6) is -0.449. The molecule has 0 fully saturated rings. The number of hydrogen-bond acceptors (Lipinski definition) is 4. The van der Waals surface area contributed by atoms with E-state index in [4.69, 9.17) is 9.84 Å². The molecule has 2 rings (SSSR count). The second kappa shape index (κ2) is 8.15. The normalized spacial score (nSPS) is 10.8. The SMILES string of the molecule is C=CCc1cc(C=Nc2ccc(C(=O)O)cc2C)cc(OCC)c1O.